The summed E-state index contributed by atoms with van der Waals surface area (Å²) in [4.78, 5) is 29.7. The predicted octanol–water partition coefficient (Wildman–Crippen LogP) is 6.11. The van der Waals surface area contributed by atoms with Gasteiger partial charge in [0.15, 0.2) is 0 Å². The fourth-order valence-electron chi connectivity index (χ4n) is 5.80. The van der Waals surface area contributed by atoms with Crippen LogP contribution in [0.5, 0.6) is 0 Å². The molecule has 0 aromatic heterocycles. The molecular formula is C35H45N3O4S. The predicted molar refractivity (Wildman–Crippen MR) is 173 cm³/mol. The summed E-state index contributed by atoms with van der Waals surface area (Å²) in [5, 5.41) is 3.20. The largest absolute Gasteiger partial charge is 0.352 e. The standard InChI is InChI=1S/C35H45N3O4S/c1-5-32(35(40)36-30-16-10-7-11-17-30)37(24-23-29-14-8-6-9-15-29)34(39)25-38(33-18-12-13-27(3)28(33)4)43(41,42)31-21-19-26(2)20-22-31/h6,8-9,12-15,18-22,30,32H,5,7,10-11,16-17,23-25H2,1-4H3,(H,36,40). The maximum Gasteiger partial charge on any atom is 0.264 e. The van der Waals surface area contributed by atoms with Crippen LogP contribution < -0.4 is 9.62 Å². The molecule has 8 heteroatoms. The number of anilines is 1. The Hall–Kier alpha value is -3.65. The summed E-state index contributed by atoms with van der Waals surface area (Å²) in [6.45, 7) is 7.47. The van der Waals surface area contributed by atoms with Gasteiger partial charge in [-0.25, -0.2) is 8.42 Å². The number of benzene rings is 3. The lowest BCUT2D eigenvalue weighted by Crippen LogP contribution is -2.54. The molecule has 1 atom stereocenters. The number of sulfonamides is 1. The molecule has 3 aromatic rings. The first-order chi connectivity index (χ1) is 20.6. The van der Waals surface area contributed by atoms with E-state index in [1.54, 1.807) is 41.3 Å². The van der Waals surface area contributed by atoms with Crippen LogP contribution in [0.25, 0.3) is 0 Å². The molecular weight excluding hydrogens is 558 g/mol. The average Bonchev–Trinajstić information content (AvgIpc) is 3.00. The summed E-state index contributed by atoms with van der Waals surface area (Å²) in [7, 11) is -4.10. The SMILES string of the molecule is CCC(C(=O)NC1CCCCC1)N(CCc1ccccc1)C(=O)CN(c1cccc(C)c1C)S(=O)(=O)c1ccc(C)cc1. The maximum atomic E-state index is 14.3. The molecule has 1 aliphatic rings. The van der Waals surface area contributed by atoms with Crippen molar-refractivity contribution in [1.29, 1.82) is 0 Å². The zero-order valence-electron chi connectivity index (χ0n) is 25.9. The van der Waals surface area contributed by atoms with Crippen LogP contribution in [0.15, 0.2) is 77.7 Å². The Morgan fingerprint density at radius 2 is 1.56 bits per heavy atom. The first-order valence-electron chi connectivity index (χ1n) is 15.4. The van der Waals surface area contributed by atoms with Gasteiger partial charge in [0.25, 0.3) is 10.0 Å². The van der Waals surface area contributed by atoms with E-state index in [4.69, 9.17) is 0 Å². The highest BCUT2D eigenvalue weighted by atomic mass is 32.2. The Balaban J connectivity index is 1.70. The van der Waals surface area contributed by atoms with Crippen molar-refractivity contribution in [3.05, 3.63) is 95.1 Å². The lowest BCUT2D eigenvalue weighted by atomic mass is 9.95. The monoisotopic (exact) mass is 603 g/mol. The van der Waals surface area contributed by atoms with Crippen molar-refractivity contribution in [1.82, 2.24) is 10.2 Å². The number of rotatable bonds is 12. The Morgan fingerprint density at radius 3 is 2.21 bits per heavy atom. The number of aryl methyl sites for hydroxylation is 2. The van der Waals surface area contributed by atoms with Gasteiger partial charge in [-0.1, -0.05) is 86.3 Å². The molecule has 0 radical (unpaired) electrons. The van der Waals surface area contributed by atoms with Gasteiger partial charge in [0.2, 0.25) is 11.8 Å². The summed E-state index contributed by atoms with van der Waals surface area (Å²) < 4.78 is 29.5. The number of hydrogen-bond acceptors (Lipinski definition) is 4. The van der Waals surface area contributed by atoms with Gasteiger partial charge in [-0.3, -0.25) is 13.9 Å². The Bertz CT molecular complexity index is 1480. The molecule has 0 saturated heterocycles. The first kappa shape index (κ1) is 32.3. The molecule has 1 saturated carbocycles. The highest BCUT2D eigenvalue weighted by molar-refractivity contribution is 7.92. The Labute approximate surface area is 257 Å². The maximum absolute atomic E-state index is 14.3. The van der Waals surface area contributed by atoms with Gasteiger partial charge < -0.3 is 10.2 Å². The molecule has 230 valence electrons. The second-order valence-corrected chi connectivity index (χ2v) is 13.5. The number of nitrogens with one attached hydrogen (secondary N) is 1. The minimum Gasteiger partial charge on any atom is -0.352 e. The summed E-state index contributed by atoms with van der Waals surface area (Å²) in [5.41, 5.74) is 4.14. The van der Waals surface area contributed by atoms with Crippen LogP contribution >= 0.6 is 0 Å². The van der Waals surface area contributed by atoms with Crippen molar-refractivity contribution in [2.75, 3.05) is 17.4 Å². The average molecular weight is 604 g/mol. The molecule has 4 rings (SSSR count). The van der Waals surface area contributed by atoms with Crippen LogP contribution in [0, 0.1) is 20.8 Å². The van der Waals surface area contributed by atoms with E-state index in [1.165, 1.54) is 10.7 Å². The lowest BCUT2D eigenvalue weighted by molar-refractivity contribution is -0.140. The molecule has 1 aliphatic carbocycles. The molecule has 0 spiro atoms. The third kappa shape index (κ3) is 8.05. The van der Waals surface area contributed by atoms with Crippen LogP contribution in [0.2, 0.25) is 0 Å². The van der Waals surface area contributed by atoms with Crippen molar-refractivity contribution in [2.45, 2.75) is 89.6 Å². The van der Waals surface area contributed by atoms with E-state index < -0.39 is 28.5 Å². The summed E-state index contributed by atoms with van der Waals surface area (Å²) in [6, 6.07) is 21.4. The highest BCUT2D eigenvalue weighted by Crippen LogP contribution is 2.29. The zero-order valence-corrected chi connectivity index (χ0v) is 26.7. The van der Waals surface area contributed by atoms with Crippen molar-refractivity contribution >= 4 is 27.5 Å². The first-order valence-corrected chi connectivity index (χ1v) is 16.8. The van der Waals surface area contributed by atoms with E-state index in [0.29, 0.717) is 25.1 Å². The van der Waals surface area contributed by atoms with Gasteiger partial charge >= 0.3 is 0 Å². The van der Waals surface area contributed by atoms with Gasteiger partial charge in [0, 0.05) is 12.6 Å². The van der Waals surface area contributed by atoms with Crippen LogP contribution in [0.4, 0.5) is 5.69 Å². The third-order valence-corrected chi connectivity index (χ3v) is 10.3. The smallest absolute Gasteiger partial charge is 0.264 e. The van der Waals surface area contributed by atoms with Crippen molar-refractivity contribution < 1.29 is 18.0 Å². The number of nitrogens with zero attached hydrogens (tertiary/aromatic N) is 2. The van der Waals surface area contributed by atoms with Crippen molar-refractivity contribution in [2.24, 2.45) is 0 Å². The van der Waals surface area contributed by atoms with E-state index in [-0.39, 0.29) is 16.8 Å². The molecule has 3 aromatic carbocycles. The molecule has 0 heterocycles. The van der Waals surface area contributed by atoms with Gasteiger partial charge in [0.05, 0.1) is 10.6 Å². The normalized spacial score (nSPS) is 14.6. The van der Waals surface area contributed by atoms with Crippen LogP contribution in [-0.4, -0.2) is 50.3 Å². The molecule has 0 aliphatic heterocycles. The van der Waals surface area contributed by atoms with Crippen LogP contribution in [0.3, 0.4) is 0 Å². The minimum atomic E-state index is -4.10. The summed E-state index contributed by atoms with van der Waals surface area (Å²) >= 11 is 0. The van der Waals surface area contributed by atoms with Gasteiger partial charge in [-0.2, -0.15) is 0 Å². The fourth-order valence-corrected chi connectivity index (χ4v) is 7.27. The van der Waals surface area contributed by atoms with Crippen molar-refractivity contribution in [3.8, 4) is 0 Å². The topological polar surface area (TPSA) is 86.8 Å². The Morgan fingerprint density at radius 1 is 0.884 bits per heavy atom. The molecule has 2 amide bonds. The molecule has 1 fully saturated rings. The second kappa shape index (κ2) is 14.7. The number of hydrogen-bond donors (Lipinski definition) is 1. The van der Waals surface area contributed by atoms with E-state index in [0.717, 1.165) is 47.9 Å². The summed E-state index contributed by atoms with van der Waals surface area (Å²) in [5.74, 6) is -0.575. The molecule has 1 N–H and O–H groups in total. The van der Waals surface area contributed by atoms with Crippen LogP contribution in [0.1, 0.15) is 67.7 Å². The second-order valence-electron chi connectivity index (χ2n) is 11.6. The van der Waals surface area contributed by atoms with Crippen molar-refractivity contribution in [3.63, 3.8) is 0 Å². The number of carbonyl (C=O) groups is 2. The highest BCUT2D eigenvalue weighted by Gasteiger charge is 2.34. The van der Waals surface area contributed by atoms with E-state index in [1.807, 2.05) is 64.1 Å². The fraction of sp³-hybridized carbons (Fsp3) is 0.429. The lowest BCUT2D eigenvalue weighted by Gasteiger charge is -2.35. The third-order valence-electron chi connectivity index (χ3n) is 8.55. The zero-order chi connectivity index (χ0) is 31.0. The molecule has 43 heavy (non-hydrogen) atoms. The van der Waals surface area contributed by atoms with Gasteiger partial charge in [-0.15, -0.1) is 0 Å². The summed E-state index contributed by atoms with van der Waals surface area (Å²) in [6.07, 6.45) is 6.20. The van der Waals surface area contributed by atoms with E-state index in [9.17, 15) is 18.0 Å². The van der Waals surface area contributed by atoms with Gasteiger partial charge in [0.1, 0.15) is 12.6 Å². The quantitative estimate of drug-likeness (QED) is 0.271. The number of carbonyl (C=O) groups excluding carboxylic acids is 2. The van der Waals surface area contributed by atoms with Gasteiger partial charge in [-0.05, 0) is 81.3 Å². The van der Waals surface area contributed by atoms with E-state index >= 15 is 0 Å². The van der Waals surface area contributed by atoms with Crippen LogP contribution in [-0.2, 0) is 26.0 Å². The minimum absolute atomic E-state index is 0.106. The molecule has 1 unspecified atom stereocenters. The molecule has 7 nitrogen and oxygen atoms in total. The Kier molecular flexibility index (Phi) is 11.0. The number of amides is 2. The van der Waals surface area contributed by atoms with E-state index in [2.05, 4.69) is 5.32 Å². The molecule has 0 bridgehead atoms.